The van der Waals surface area contributed by atoms with E-state index in [0.717, 1.165) is 96.3 Å². The highest BCUT2D eigenvalue weighted by Gasteiger charge is 2.21. The molecule has 0 amide bonds. The Balaban J connectivity index is 3.39. The second-order valence-corrected chi connectivity index (χ2v) is 11.1. The van der Waals surface area contributed by atoms with Crippen LogP contribution in [0.1, 0.15) is 122 Å². The summed E-state index contributed by atoms with van der Waals surface area (Å²) in [4.78, 5) is 45.1. The van der Waals surface area contributed by atoms with E-state index < -0.39 is 5.97 Å². The van der Waals surface area contributed by atoms with E-state index in [1.807, 2.05) is 14.1 Å². The Morgan fingerprint density at radius 1 is 0.538 bits per heavy atom. The quantitative estimate of drug-likeness (QED) is 0.0580. The summed E-state index contributed by atoms with van der Waals surface area (Å²) in [6.07, 6.45) is 17.5. The number of rotatable bonds is 27. The van der Waals surface area contributed by atoms with Crippen LogP contribution in [-0.2, 0) is 33.4 Å². The van der Waals surface area contributed by atoms with Gasteiger partial charge in [-0.25, -0.2) is 4.79 Å². The highest BCUT2D eigenvalue weighted by molar-refractivity contribution is 5.70. The molecule has 0 rings (SSSR count). The summed E-state index contributed by atoms with van der Waals surface area (Å²) in [7, 11) is 3.83. The van der Waals surface area contributed by atoms with Crippen LogP contribution in [0.3, 0.4) is 0 Å². The molecule has 0 aliphatic carbocycles. The van der Waals surface area contributed by atoms with Gasteiger partial charge in [0, 0.05) is 19.8 Å². The number of hydrogen-bond acceptors (Lipinski definition) is 7. The topological polar surface area (TPSA) is 116 Å². The summed E-state index contributed by atoms with van der Waals surface area (Å²) in [5.41, 5.74) is 0. The number of carbonyl (C=O) groups excluding carboxylic acids is 3. The first-order valence-corrected chi connectivity index (χ1v) is 15.1. The van der Waals surface area contributed by atoms with Crippen LogP contribution >= 0.6 is 0 Å². The monoisotopic (exact) mass is 558 g/mol. The summed E-state index contributed by atoms with van der Waals surface area (Å²) in [6, 6.07) is 0. The molecule has 9 nitrogen and oxygen atoms in total. The van der Waals surface area contributed by atoms with Gasteiger partial charge in [0.05, 0.1) is 27.3 Å². The van der Waals surface area contributed by atoms with Gasteiger partial charge in [-0.1, -0.05) is 77.0 Å². The lowest BCUT2D eigenvalue weighted by atomic mass is 10.1. The predicted molar refractivity (Wildman–Crippen MR) is 151 cm³/mol. The van der Waals surface area contributed by atoms with Crippen LogP contribution in [0, 0.1) is 0 Å². The number of carboxylic acid groups (broad SMARTS) is 1. The van der Waals surface area contributed by atoms with E-state index in [1.54, 1.807) is 0 Å². The van der Waals surface area contributed by atoms with E-state index in [9.17, 15) is 19.2 Å². The van der Waals surface area contributed by atoms with E-state index in [0.29, 0.717) is 37.3 Å². The summed E-state index contributed by atoms with van der Waals surface area (Å²) in [5, 5.41) is 8.60. The molecule has 0 heterocycles. The van der Waals surface area contributed by atoms with Gasteiger partial charge in [0.25, 0.3) is 0 Å². The van der Waals surface area contributed by atoms with Crippen molar-refractivity contribution in [2.45, 2.75) is 122 Å². The Hall–Kier alpha value is -2.16. The van der Waals surface area contributed by atoms with Crippen molar-refractivity contribution in [3.63, 3.8) is 0 Å². The van der Waals surface area contributed by atoms with Gasteiger partial charge >= 0.3 is 23.9 Å². The van der Waals surface area contributed by atoms with Crippen molar-refractivity contribution < 1.29 is 43.0 Å². The first-order valence-electron chi connectivity index (χ1n) is 15.1. The molecule has 0 aromatic rings. The fourth-order valence-corrected chi connectivity index (χ4v) is 4.23. The Labute approximate surface area is 236 Å². The molecule has 0 aliphatic heterocycles. The van der Waals surface area contributed by atoms with Crippen LogP contribution in [0.15, 0.2) is 0 Å². The third-order valence-corrected chi connectivity index (χ3v) is 6.65. The lowest BCUT2D eigenvalue weighted by Gasteiger charge is -2.28. The molecule has 0 saturated heterocycles. The van der Waals surface area contributed by atoms with Gasteiger partial charge < -0.3 is 23.8 Å². The fourth-order valence-electron chi connectivity index (χ4n) is 4.23. The van der Waals surface area contributed by atoms with Gasteiger partial charge in [-0.05, 0) is 25.7 Å². The minimum absolute atomic E-state index is 0.0890. The fraction of sp³-hybridized carbons (Fsp3) is 0.867. The molecule has 9 heteroatoms. The van der Waals surface area contributed by atoms with E-state index in [1.165, 1.54) is 13.3 Å². The van der Waals surface area contributed by atoms with Crippen molar-refractivity contribution in [1.29, 1.82) is 0 Å². The second-order valence-electron chi connectivity index (χ2n) is 11.1. The molecule has 0 atom stereocenters. The number of ether oxygens (including phenoxy) is 3. The van der Waals surface area contributed by atoms with Gasteiger partial charge in [-0.15, -0.1) is 0 Å². The van der Waals surface area contributed by atoms with Crippen LogP contribution in [0.2, 0.25) is 0 Å². The second kappa shape index (κ2) is 24.9. The summed E-state index contributed by atoms with van der Waals surface area (Å²) in [6.45, 7) is 3.46. The molecular weight excluding hydrogens is 502 g/mol. The maximum atomic E-state index is 12.0. The van der Waals surface area contributed by atoms with E-state index in [4.69, 9.17) is 19.3 Å². The van der Waals surface area contributed by atoms with Crippen molar-refractivity contribution >= 4 is 23.9 Å². The van der Waals surface area contributed by atoms with Crippen LogP contribution in [0.25, 0.3) is 0 Å². The molecule has 0 spiro atoms. The predicted octanol–water partition coefficient (Wildman–Crippen LogP) is 5.82. The van der Waals surface area contributed by atoms with Crippen molar-refractivity contribution in [3.05, 3.63) is 0 Å². The highest BCUT2D eigenvalue weighted by atomic mass is 16.5. The molecular formula is C30H56NO8+. The third-order valence-electron chi connectivity index (χ3n) is 6.65. The van der Waals surface area contributed by atoms with Crippen molar-refractivity contribution in [3.8, 4) is 0 Å². The average molecular weight is 559 g/mol. The molecule has 0 fully saturated rings. The zero-order valence-corrected chi connectivity index (χ0v) is 25.0. The SMILES string of the molecule is CC(=O)OCC[N+](C)(C)CC(=O)OCCCCCCCCCCOC(=O)CCCCCCCCCCC(=O)O. The first kappa shape index (κ1) is 36.8. The molecule has 0 aromatic carbocycles. The van der Waals surface area contributed by atoms with Crippen LogP contribution in [0.5, 0.6) is 0 Å². The van der Waals surface area contributed by atoms with Crippen LogP contribution < -0.4 is 0 Å². The number of likely N-dealkylation sites (N-methyl/N-ethyl adjacent to an activating group) is 1. The number of unbranched alkanes of at least 4 members (excludes halogenated alkanes) is 14. The normalized spacial score (nSPS) is 11.3. The summed E-state index contributed by atoms with van der Waals surface area (Å²) in [5.74, 6) is -1.33. The molecule has 1 N–H and O–H groups in total. The van der Waals surface area contributed by atoms with Crippen molar-refractivity contribution in [1.82, 2.24) is 0 Å². The molecule has 0 aliphatic rings. The van der Waals surface area contributed by atoms with Gasteiger partial charge in [-0.2, -0.15) is 0 Å². The minimum Gasteiger partial charge on any atom is -0.481 e. The number of carboxylic acids is 1. The molecule has 228 valence electrons. The summed E-state index contributed by atoms with van der Waals surface area (Å²) < 4.78 is 16.0. The van der Waals surface area contributed by atoms with Crippen LogP contribution in [0.4, 0.5) is 0 Å². The van der Waals surface area contributed by atoms with Gasteiger partial charge in [0.1, 0.15) is 13.2 Å². The molecule has 0 bridgehead atoms. The molecule has 0 unspecified atom stereocenters. The standard InChI is InChI=1S/C30H55NO8/c1-27(32)37-25-22-31(2,3)26-30(36)39-24-19-15-11-7-6-10-14-18-23-38-29(35)21-17-13-9-5-4-8-12-16-20-28(33)34/h4-26H2,1-3H3/p+1. The van der Waals surface area contributed by atoms with E-state index in [2.05, 4.69) is 0 Å². The van der Waals surface area contributed by atoms with E-state index >= 15 is 0 Å². The highest BCUT2D eigenvalue weighted by Crippen LogP contribution is 2.12. The lowest BCUT2D eigenvalue weighted by molar-refractivity contribution is -0.883. The maximum Gasteiger partial charge on any atom is 0.361 e. The van der Waals surface area contributed by atoms with Crippen molar-refractivity contribution in [2.24, 2.45) is 0 Å². The Bertz CT molecular complexity index is 665. The molecule has 0 radical (unpaired) electrons. The molecule has 0 saturated carbocycles. The van der Waals surface area contributed by atoms with Crippen LogP contribution in [-0.4, -0.2) is 80.5 Å². The zero-order valence-electron chi connectivity index (χ0n) is 25.0. The van der Waals surface area contributed by atoms with Crippen molar-refractivity contribution in [2.75, 3.05) is 47.0 Å². The van der Waals surface area contributed by atoms with Gasteiger partial charge in [0.15, 0.2) is 6.54 Å². The largest absolute Gasteiger partial charge is 0.481 e. The molecule has 0 aromatic heterocycles. The van der Waals surface area contributed by atoms with Gasteiger partial charge in [-0.3, -0.25) is 14.4 Å². The Morgan fingerprint density at radius 3 is 1.41 bits per heavy atom. The average Bonchev–Trinajstić information content (AvgIpc) is 2.84. The number of carbonyl (C=O) groups is 4. The maximum absolute atomic E-state index is 12.0. The number of hydrogen-bond donors (Lipinski definition) is 1. The first-order chi connectivity index (χ1) is 18.6. The van der Waals surface area contributed by atoms with Gasteiger partial charge in [0.2, 0.25) is 0 Å². The lowest BCUT2D eigenvalue weighted by Crippen LogP contribution is -2.46. The zero-order chi connectivity index (χ0) is 29.2. The number of nitrogens with zero attached hydrogens (tertiary/aromatic N) is 1. The molecule has 39 heavy (non-hydrogen) atoms. The Kier molecular flexibility index (Phi) is 23.5. The third kappa shape index (κ3) is 28.7. The minimum atomic E-state index is -0.713. The smallest absolute Gasteiger partial charge is 0.361 e. The van der Waals surface area contributed by atoms with E-state index in [-0.39, 0.29) is 30.9 Å². The Morgan fingerprint density at radius 2 is 0.949 bits per heavy atom. The summed E-state index contributed by atoms with van der Waals surface area (Å²) >= 11 is 0. The number of quaternary nitrogens is 1. The number of aliphatic carboxylic acids is 1. The number of esters is 3.